The van der Waals surface area contributed by atoms with Gasteiger partial charge in [0.1, 0.15) is 6.29 Å². The van der Waals surface area contributed by atoms with Crippen LogP contribution in [-0.4, -0.2) is 6.29 Å². The molecule has 0 radical (unpaired) electrons. The van der Waals surface area contributed by atoms with Gasteiger partial charge in [-0.3, -0.25) is 0 Å². The molecule has 0 spiro atoms. The third-order valence-electron chi connectivity index (χ3n) is 2.55. The molecule has 0 aromatic heterocycles. The van der Waals surface area contributed by atoms with Crippen molar-refractivity contribution in [3.63, 3.8) is 0 Å². The number of benzene rings is 2. The first-order chi connectivity index (χ1) is 8.22. The van der Waals surface area contributed by atoms with Gasteiger partial charge in [-0.2, -0.15) is 0 Å². The van der Waals surface area contributed by atoms with E-state index in [4.69, 9.17) is 23.2 Å². The minimum absolute atomic E-state index is 0.399. The molecule has 0 aliphatic rings. The Balaban J connectivity index is 2.51. The largest absolute Gasteiger partial charge is 0.303 e. The zero-order valence-electron chi connectivity index (χ0n) is 8.99. The lowest BCUT2D eigenvalue weighted by Gasteiger charge is -2.08. The average Bonchev–Trinajstić information content (AvgIpc) is 2.34. The van der Waals surface area contributed by atoms with Crippen LogP contribution in [0.4, 0.5) is 0 Å². The predicted molar refractivity (Wildman–Crippen MR) is 71.7 cm³/mol. The molecular weight excluding hydrogens is 255 g/mol. The van der Waals surface area contributed by atoms with E-state index in [1.54, 1.807) is 6.07 Å². The highest BCUT2D eigenvalue weighted by Crippen LogP contribution is 2.30. The summed E-state index contributed by atoms with van der Waals surface area (Å²) in [4.78, 5) is 10.6. The molecule has 0 heterocycles. The van der Waals surface area contributed by atoms with E-state index >= 15 is 0 Å². The molecule has 86 valence electrons. The number of hydrogen-bond donors (Lipinski definition) is 0. The Kier molecular flexibility index (Phi) is 3.82. The zero-order valence-corrected chi connectivity index (χ0v) is 10.5. The van der Waals surface area contributed by atoms with Gasteiger partial charge in [-0.15, -0.1) is 0 Å². The van der Waals surface area contributed by atoms with E-state index in [1.165, 1.54) is 0 Å². The maximum absolute atomic E-state index is 10.6. The van der Waals surface area contributed by atoms with Crippen LogP contribution >= 0.6 is 23.2 Å². The molecule has 0 saturated carbocycles. The molecule has 2 rings (SSSR count). The van der Waals surface area contributed by atoms with Crippen LogP contribution in [0, 0.1) is 0 Å². The standard InChI is InChI=1S/C14H10Cl2O/c15-13-6-5-11(9-14(13)16)12-4-2-1-3-10(12)7-8-17/h1-6,8-9H,7H2. The van der Waals surface area contributed by atoms with E-state index in [9.17, 15) is 4.79 Å². The highest BCUT2D eigenvalue weighted by molar-refractivity contribution is 6.42. The van der Waals surface area contributed by atoms with Crippen molar-refractivity contribution >= 4 is 29.5 Å². The van der Waals surface area contributed by atoms with Gasteiger partial charge in [-0.25, -0.2) is 0 Å². The molecule has 0 aliphatic carbocycles. The van der Waals surface area contributed by atoms with Crippen LogP contribution in [0.1, 0.15) is 5.56 Å². The highest BCUT2D eigenvalue weighted by atomic mass is 35.5. The monoisotopic (exact) mass is 264 g/mol. The summed E-state index contributed by atoms with van der Waals surface area (Å²) in [5.41, 5.74) is 2.97. The van der Waals surface area contributed by atoms with Crippen LogP contribution in [0.5, 0.6) is 0 Å². The minimum atomic E-state index is 0.399. The normalized spacial score (nSPS) is 10.2. The fourth-order valence-corrected chi connectivity index (χ4v) is 2.03. The molecule has 0 amide bonds. The second-order valence-corrected chi connectivity index (χ2v) is 4.47. The van der Waals surface area contributed by atoms with Crippen LogP contribution in [0.25, 0.3) is 11.1 Å². The van der Waals surface area contributed by atoms with Gasteiger partial charge in [0.15, 0.2) is 0 Å². The number of aldehydes is 1. The van der Waals surface area contributed by atoms with Gasteiger partial charge in [0.05, 0.1) is 10.0 Å². The second kappa shape index (κ2) is 5.35. The summed E-state index contributed by atoms with van der Waals surface area (Å²) >= 11 is 11.9. The first-order valence-electron chi connectivity index (χ1n) is 5.19. The Morgan fingerprint density at radius 3 is 2.47 bits per heavy atom. The number of carbonyl (C=O) groups excluding carboxylic acids is 1. The number of halogens is 2. The summed E-state index contributed by atoms with van der Waals surface area (Å²) in [6.45, 7) is 0. The van der Waals surface area contributed by atoms with E-state index in [1.807, 2.05) is 36.4 Å². The summed E-state index contributed by atoms with van der Waals surface area (Å²) in [6, 6.07) is 13.2. The lowest BCUT2D eigenvalue weighted by molar-refractivity contribution is -0.107. The van der Waals surface area contributed by atoms with Crippen molar-refractivity contribution in [1.29, 1.82) is 0 Å². The minimum Gasteiger partial charge on any atom is -0.303 e. The summed E-state index contributed by atoms with van der Waals surface area (Å²) in [5, 5.41) is 1.05. The second-order valence-electron chi connectivity index (χ2n) is 3.66. The Hall–Kier alpha value is -1.31. The highest BCUT2D eigenvalue weighted by Gasteiger charge is 2.06. The molecule has 2 aromatic carbocycles. The predicted octanol–water partition coefficient (Wildman–Crippen LogP) is 4.40. The van der Waals surface area contributed by atoms with Gasteiger partial charge in [0, 0.05) is 6.42 Å². The Bertz CT molecular complexity index is 550. The van der Waals surface area contributed by atoms with Gasteiger partial charge in [-0.05, 0) is 28.8 Å². The fourth-order valence-electron chi connectivity index (χ4n) is 1.73. The third-order valence-corrected chi connectivity index (χ3v) is 3.29. The van der Waals surface area contributed by atoms with Crippen molar-refractivity contribution < 1.29 is 4.79 Å². The third kappa shape index (κ3) is 2.68. The number of rotatable bonds is 3. The Labute approximate surface area is 110 Å². The van der Waals surface area contributed by atoms with Crippen LogP contribution in [-0.2, 0) is 11.2 Å². The number of hydrogen-bond acceptors (Lipinski definition) is 1. The van der Waals surface area contributed by atoms with Crippen LogP contribution in [0.3, 0.4) is 0 Å². The van der Waals surface area contributed by atoms with Gasteiger partial charge in [0.25, 0.3) is 0 Å². The van der Waals surface area contributed by atoms with Crippen molar-refractivity contribution in [1.82, 2.24) is 0 Å². The van der Waals surface area contributed by atoms with E-state index in [0.29, 0.717) is 16.5 Å². The smallest absolute Gasteiger partial charge is 0.124 e. The summed E-state index contributed by atoms with van der Waals surface area (Å²) < 4.78 is 0. The molecule has 0 N–H and O–H groups in total. The number of carbonyl (C=O) groups is 1. The van der Waals surface area contributed by atoms with Crippen molar-refractivity contribution in [3.8, 4) is 11.1 Å². The maximum atomic E-state index is 10.6. The molecule has 17 heavy (non-hydrogen) atoms. The molecule has 0 aliphatic heterocycles. The van der Waals surface area contributed by atoms with E-state index in [0.717, 1.165) is 23.0 Å². The zero-order chi connectivity index (χ0) is 12.3. The first kappa shape index (κ1) is 12.2. The quantitative estimate of drug-likeness (QED) is 0.751. The fraction of sp³-hybridized carbons (Fsp3) is 0.0714. The lowest BCUT2D eigenvalue weighted by Crippen LogP contribution is -1.90. The topological polar surface area (TPSA) is 17.1 Å². The molecule has 0 atom stereocenters. The molecule has 3 heteroatoms. The van der Waals surface area contributed by atoms with Crippen LogP contribution < -0.4 is 0 Å². The molecule has 1 nitrogen and oxygen atoms in total. The first-order valence-corrected chi connectivity index (χ1v) is 5.95. The van der Waals surface area contributed by atoms with Gasteiger partial charge >= 0.3 is 0 Å². The molecule has 2 aromatic rings. The van der Waals surface area contributed by atoms with Gasteiger partial charge < -0.3 is 4.79 Å². The molecule has 0 bridgehead atoms. The van der Waals surface area contributed by atoms with Crippen LogP contribution in [0.15, 0.2) is 42.5 Å². The van der Waals surface area contributed by atoms with Crippen molar-refractivity contribution in [2.75, 3.05) is 0 Å². The summed E-state index contributed by atoms with van der Waals surface area (Å²) in [6.07, 6.45) is 1.30. The Morgan fingerprint density at radius 2 is 1.76 bits per heavy atom. The van der Waals surface area contributed by atoms with Gasteiger partial charge in [-0.1, -0.05) is 53.5 Å². The van der Waals surface area contributed by atoms with E-state index in [-0.39, 0.29) is 0 Å². The maximum Gasteiger partial charge on any atom is 0.124 e. The molecule has 0 fully saturated rings. The van der Waals surface area contributed by atoms with E-state index < -0.39 is 0 Å². The molecular formula is C14H10Cl2O. The molecule has 0 unspecified atom stereocenters. The summed E-state index contributed by atoms with van der Waals surface area (Å²) in [7, 11) is 0. The SMILES string of the molecule is O=CCc1ccccc1-c1ccc(Cl)c(Cl)c1. The van der Waals surface area contributed by atoms with Crippen molar-refractivity contribution in [2.45, 2.75) is 6.42 Å². The van der Waals surface area contributed by atoms with Crippen LogP contribution in [0.2, 0.25) is 10.0 Å². The van der Waals surface area contributed by atoms with Gasteiger partial charge in [0.2, 0.25) is 0 Å². The average molecular weight is 265 g/mol. The molecule has 0 saturated heterocycles. The lowest BCUT2D eigenvalue weighted by atomic mass is 9.98. The van der Waals surface area contributed by atoms with Crippen molar-refractivity contribution in [3.05, 3.63) is 58.1 Å². The van der Waals surface area contributed by atoms with E-state index in [2.05, 4.69) is 0 Å². The summed E-state index contributed by atoms with van der Waals surface area (Å²) in [5.74, 6) is 0. The van der Waals surface area contributed by atoms with Crippen molar-refractivity contribution in [2.24, 2.45) is 0 Å². The Morgan fingerprint density at radius 1 is 1.00 bits per heavy atom.